The Morgan fingerprint density at radius 2 is 2.00 bits per heavy atom. The van der Waals surface area contributed by atoms with E-state index in [1.54, 1.807) is 13.1 Å². The lowest BCUT2D eigenvalue weighted by atomic mass is 10.3. The van der Waals surface area contributed by atoms with E-state index in [1.807, 2.05) is 11.8 Å². The van der Waals surface area contributed by atoms with Gasteiger partial charge in [-0.1, -0.05) is 0 Å². The lowest BCUT2D eigenvalue weighted by Crippen LogP contribution is -2.39. The highest BCUT2D eigenvalue weighted by Gasteiger charge is 2.23. The second-order valence-electron chi connectivity index (χ2n) is 4.65. The van der Waals surface area contributed by atoms with Gasteiger partial charge >= 0.3 is 0 Å². The molecule has 1 aromatic rings. The van der Waals surface area contributed by atoms with Crippen LogP contribution in [0.3, 0.4) is 0 Å². The summed E-state index contributed by atoms with van der Waals surface area (Å²) in [6.45, 7) is 3.52. The Balaban J connectivity index is 2.03. The van der Waals surface area contributed by atoms with Crippen molar-refractivity contribution in [3.8, 4) is 0 Å². The zero-order valence-corrected chi connectivity index (χ0v) is 11.3. The lowest BCUT2D eigenvalue weighted by molar-refractivity contribution is -0.130. The molecule has 0 spiro atoms. The van der Waals surface area contributed by atoms with E-state index < -0.39 is 0 Å². The summed E-state index contributed by atoms with van der Waals surface area (Å²) in [5.41, 5.74) is 5.61. The number of nitrogens with zero attached hydrogens (tertiary/aromatic N) is 3. The highest BCUT2D eigenvalue weighted by Crippen LogP contribution is 2.15. The maximum Gasteiger partial charge on any atom is 0.244 e. The monoisotopic (exact) mass is 264 g/mol. The van der Waals surface area contributed by atoms with Crippen molar-refractivity contribution >= 4 is 23.5 Å². The molecule has 4 N–H and O–H groups in total. The first kappa shape index (κ1) is 13.4. The van der Waals surface area contributed by atoms with Crippen LogP contribution in [0.4, 0.5) is 17.6 Å². The summed E-state index contributed by atoms with van der Waals surface area (Å²) in [5.74, 6) is 1.45. The number of nitrogens with two attached hydrogens (primary N) is 1. The van der Waals surface area contributed by atoms with Crippen molar-refractivity contribution in [3.05, 3.63) is 6.07 Å². The third kappa shape index (κ3) is 3.24. The van der Waals surface area contributed by atoms with E-state index in [-0.39, 0.29) is 17.9 Å². The molecule has 2 rings (SSSR count). The summed E-state index contributed by atoms with van der Waals surface area (Å²) < 4.78 is 0. The quantitative estimate of drug-likeness (QED) is 0.734. The van der Waals surface area contributed by atoms with Crippen molar-refractivity contribution in [1.82, 2.24) is 14.9 Å². The van der Waals surface area contributed by atoms with Crippen LogP contribution in [-0.2, 0) is 4.79 Å². The van der Waals surface area contributed by atoms with Gasteiger partial charge in [0.1, 0.15) is 17.7 Å². The van der Waals surface area contributed by atoms with Gasteiger partial charge in [-0.2, -0.15) is 9.97 Å². The van der Waals surface area contributed by atoms with Crippen LogP contribution in [0.5, 0.6) is 0 Å². The van der Waals surface area contributed by atoms with Gasteiger partial charge in [-0.15, -0.1) is 0 Å². The summed E-state index contributed by atoms with van der Waals surface area (Å²) in [4.78, 5) is 22.1. The fourth-order valence-electron chi connectivity index (χ4n) is 2.16. The van der Waals surface area contributed by atoms with Crippen molar-refractivity contribution in [2.45, 2.75) is 25.8 Å². The molecule has 1 unspecified atom stereocenters. The van der Waals surface area contributed by atoms with Gasteiger partial charge in [-0.25, -0.2) is 0 Å². The number of carbonyl (C=O) groups excluding carboxylic acids is 1. The number of carbonyl (C=O) groups is 1. The van der Waals surface area contributed by atoms with E-state index >= 15 is 0 Å². The maximum atomic E-state index is 12.2. The molecule has 1 aromatic heterocycles. The molecule has 1 aliphatic rings. The molecule has 0 radical (unpaired) electrons. The molecule has 1 fully saturated rings. The van der Waals surface area contributed by atoms with Crippen molar-refractivity contribution in [2.24, 2.45) is 0 Å². The second kappa shape index (κ2) is 5.73. The van der Waals surface area contributed by atoms with Crippen LogP contribution in [0.2, 0.25) is 0 Å². The zero-order chi connectivity index (χ0) is 13.8. The summed E-state index contributed by atoms with van der Waals surface area (Å²) in [7, 11) is 1.75. The molecule has 1 saturated heterocycles. The maximum absolute atomic E-state index is 12.2. The van der Waals surface area contributed by atoms with E-state index in [4.69, 9.17) is 5.73 Å². The van der Waals surface area contributed by atoms with Crippen molar-refractivity contribution in [1.29, 1.82) is 0 Å². The molecule has 104 valence electrons. The van der Waals surface area contributed by atoms with Gasteiger partial charge in [0.25, 0.3) is 0 Å². The molecule has 0 saturated carbocycles. The van der Waals surface area contributed by atoms with Crippen LogP contribution >= 0.6 is 0 Å². The molecular formula is C12H20N6O. The van der Waals surface area contributed by atoms with Gasteiger partial charge in [0.15, 0.2) is 0 Å². The van der Waals surface area contributed by atoms with E-state index in [1.165, 1.54) is 0 Å². The first-order valence-electron chi connectivity index (χ1n) is 6.48. The number of nitrogen functional groups attached to an aromatic ring is 1. The SMILES string of the molecule is CNc1cc(NC(C)C(=O)N2CCCC2)nc(N)n1. The molecule has 0 aromatic carbocycles. The van der Waals surface area contributed by atoms with Gasteiger partial charge in [-0.3, -0.25) is 4.79 Å². The van der Waals surface area contributed by atoms with Gasteiger partial charge in [0.05, 0.1) is 0 Å². The number of likely N-dealkylation sites (tertiary alicyclic amines) is 1. The average molecular weight is 264 g/mol. The number of hydrogen-bond donors (Lipinski definition) is 3. The Morgan fingerprint density at radius 3 is 2.63 bits per heavy atom. The fraction of sp³-hybridized carbons (Fsp3) is 0.583. The summed E-state index contributed by atoms with van der Waals surface area (Å²) in [6, 6.07) is 1.40. The lowest BCUT2D eigenvalue weighted by Gasteiger charge is -2.21. The van der Waals surface area contributed by atoms with Crippen LogP contribution in [0.15, 0.2) is 6.07 Å². The highest BCUT2D eigenvalue weighted by molar-refractivity contribution is 5.84. The van der Waals surface area contributed by atoms with Gasteiger partial charge in [-0.05, 0) is 19.8 Å². The molecule has 1 atom stereocenters. The molecule has 19 heavy (non-hydrogen) atoms. The molecule has 0 aliphatic carbocycles. The topological polar surface area (TPSA) is 96.2 Å². The number of amides is 1. The summed E-state index contributed by atoms with van der Waals surface area (Å²) >= 11 is 0. The number of rotatable bonds is 4. The average Bonchev–Trinajstić information content (AvgIpc) is 2.90. The van der Waals surface area contributed by atoms with Crippen LogP contribution in [0.25, 0.3) is 0 Å². The third-order valence-electron chi connectivity index (χ3n) is 3.15. The molecular weight excluding hydrogens is 244 g/mol. The largest absolute Gasteiger partial charge is 0.373 e. The predicted molar refractivity (Wildman–Crippen MR) is 74.9 cm³/mol. The first-order valence-corrected chi connectivity index (χ1v) is 6.48. The minimum absolute atomic E-state index is 0.0979. The minimum atomic E-state index is -0.322. The normalized spacial score (nSPS) is 16.2. The Labute approximate surface area is 112 Å². The van der Waals surface area contributed by atoms with E-state index in [2.05, 4.69) is 20.6 Å². The Kier molecular flexibility index (Phi) is 4.03. The van der Waals surface area contributed by atoms with Crippen LogP contribution < -0.4 is 16.4 Å². The van der Waals surface area contributed by atoms with Crippen molar-refractivity contribution in [3.63, 3.8) is 0 Å². The van der Waals surface area contributed by atoms with Crippen molar-refractivity contribution < 1.29 is 4.79 Å². The number of nitrogens with one attached hydrogen (secondary N) is 2. The standard InChI is InChI=1S/C12H20N6O/c1-8(11(19)18-5-3-4-6-18)15-10-7-9(14-2)16-12(13)17-10/h7-8H,3-6H2,1-2H3,(H4,13,14,15,16,17). The third-order valence-corrected chi connectivity index (χ3v) is 3.15. The summed E-state index contributed by atoms with van der Waals surface area (Å²) in [6.07, 6.45) is 2.17. The van der Waals surface area contributed by atoms with E-state index in [9.17, 15) is 4.79 Å². The van der Waals surface area contributed by atoms with E-state index in [0.29, 0.717) is 11.6 Å². The van der Waals surface area contributed by atoms with Gasteiger partial charge < -0.3 is 21.3 Å². The van der Waals surface area contributed by atoms with Crippen LogP contribution in [0, 0.1) is 0 Å². The van der Waals surface area contributed by atoms with Gasteiger partial charge in [0.2, 0.25) is 11.9 Å². The molecule has 1 aliphatic heterocycles. The van der Waals surface area contributed by atoms with Crippen LogP contribution in [-0.4, -0.2) is 47.0 Å². The fourth-order valence-corrected chi connectivity index (χ4v) is 2.16. The molecule has 1 amide bonds. The van der Waals surface area contributed by atoms with E-state index in [0.717, 1.165) is 25.9 Å². The predicted octanol–water partition coefficient (Wildman–Crippen LogP) is 0.523. The Bertz CT molecular complexity index is 458. The molecule has 0 bridgehead atoms. The number of hydrogen-bond acceptors (Lipinski definition) is 6. The molecule has 2 heterocycles. The Morgan fingerprint density at radius 1 is 1.37 bits per heavy atom. The first-order chi connectivity index (χ1) is 9.10. The molecule has 7 heteroatoms. The minimum Gasteiger partial charge on any atom is -0.373 e. The van der Waals surface area contributed by atoms with Gasteiger partial charge in [0, 0.05) is 26.2 Å². The zero-order valence-electron chi connectivity index (χ0n) is 11.3. The Hall–Kier alpha value is -2.05. The molecule has 7 nitrogen and oxygen atoms in total. The number of anilines is 3. The number of aromatic nitrogens is 2. The van der Waals surface area contributed by atoms with Crippen LogP contribution in [0.1, 0.15) is 19.8 Å². The summed E-state index contributed by atoms with van der Waals surface area (Å²) in [5, 5.41) is 5.97. The highest BCUT2D eigenvalue weighted by atomic mass is 16.2. The van der Waals surface area contributed by atoms with Crippen molar-refractivity contribution in [2.75, 3.05) is 36.5 Å². The smallest absolute Gasteiger partial charge is 0.244 e. The second-order valence-corrected chi connectivity index (χ2v) is 4.65.